The molecule has 2 aromatic heterocycles. The highest BCUT2D eigenvalue weighted by molar-refractivity contribution is 5.67. The molecule has 1 aliphatic heterocycles. The number of hydrogen-bond acceptors (Lipinski definition) is 4. The van der Waals surface area contributed by atoms with Crippen LogP contribution in [0, 0.1) is 0 Å². The van der Waals surface area contributed by atoms with E-state index in [0.717, 1.165) is 16.9 Å². The van der Waals surface area contributed by atoms with Crippen LogP contribution in [0.4, 0.5) is 26.3 Å². The van der Waals surface area contributed by atoms with Gasteiger partial charge in [-0.3, -0.25) is 4.68 Å². The number of aliphatic hydroxyl groups is 1. The third-order valence-corrected chi connectivity index (χ3v) is 4.19. The minimum Gasteiger partial charge on any atom is -0.375 e. The summed E-state index contributed by atoms with van der Waals surface area (Å²) in [5.41, 5.74) is -5.12. The van der Waals surface area contributed by atoms with Crippen LogP contribution in [0.25, 0.3) is 11.3 Å². The monoisotopic (exact) mass is 366 g/mol. The van der Waals surface area contributed by atoms with Crippen molar-refractivity contribution in [1.29, 1.82) is 0 Å². The average Bonchev–Trinajstić information content (AvgIpc) is 2.89. The van der Waals surface area contributed by atoms with Gasteiger partial charge < -0.3 is 5.11 Å². The Kier molecular flexibility index (Phi) is 3.64. The third-order valence-electron chi connectivity index (χ3n) is 4.19. The SMILES string of the molecule is C[C@@H]1Cn2nc(C(F)(F)F)cc2-c2cnnc([C@](C)(O)C(F)(F)F)c21. The van der Waals surface area contributed by atoms with Crippen molar-refractivity contribution in [3.63, 3.8) is 0 Å². The zero-order chi connectivity index (χ0) is 18.8. The number of hydrogen-bond donors (Lipinski definition) is 1. The van der Waals surface area contributed by atoms with Crippen molar-refractivity contribution < 1.29 is 31.4 Å². The first-order valence-corrected chi connectivity index (χ1v) is 7.14. The molecular formula is C14H12F6N4O. The van der Waals surface area contributed by atoms with E-state index in [2.05, 4.69) is 15.3 Å². The van der Waals surface area contributed by atoms with Crippen LogP contribution in [0.1, 0.15) is 36.7 Å². The molecule has 0 unspecified atom stereocenters. The van der Waals surface area contributed by atoms with Gasteiger partial charge in [0.2, 0.25) is 5.60 Å². The summed E-state index contributed by atoms with van der Waals surface area (Å²) in [6.07, 6.45) is -8.63. The molecule has 0 spiro atoms. The van der Waals surface area contributed by atoms with Crippen molar-refractivity contribution in [2.45, 2.75) is 44.3 Å². The van der Waals surface area contributed by atoms with Gasteiger partial charge in [0, 0.05) is 18.0 Å². The summed E-state index contributed by atoms with van der Waals surface area (Å²) in [7, 11) is 0. The fourth-order valence-corrected chi connectivity index (χ4v) is 2.85. The lowest BCUT2D eigenvalue weighted by Crippen LogP contribution is -2.42. The van der Waals surface area contributed by atoms with Crippen LogP contribution in [0.15, 0.2) is 12.3 Å². The molecule has 2 aromatic rings. The summed E-state index contributed by atoms with van der Waals surface area (Å²) in [6, 6.07) is 0.748. The van der Waals surface area contributed by atoms with Crippen molar-refractivity contribution in [2.24, 2.45) is 0 Å². The fraction of sp³-hybridized carbons (Fsp3) is 0.500. The molecule has 0 amide bonds. The van der Waals surface area contributed by atoms with E-state index < -0.39 is 35.3 Å². The first-order chi connectivity index (χ1) is 11.3. The Balaban J connectivity index is 2.24. The molecular weight excluding hydrogens is 354 g/mol. The number of nitrogens with zero attached hydrogens (tertiary/aromatic N) is 4. The smallest absolute Gasteiger partial charge is 0.375 e. The highest BCUT2D eigenvalue weighted by Gasteiger charge is 2.54. The van der Waals surface area contributed by atoms with Crippen LogP contribution >= 0.6 is 0 Å². The van der Waals surface area contributed by atoms with Crippen LogP contribution in [0.2, 0.25) is 0 Å². The second-order valence-electron chi connectivity index (χ2n) is 6.09. The highest BCUT2D eigenvalue weighted by Crippen LogP contribution is 2.45. The van der Waals surface area contributed by atoms with Crippen LogP contribution < -0.4 is 0 Å². The largest absolute Gasteiger partial charge is 0.435 e. The van der Waals surface area contributed by atoms with E-state index in [9.17, 15) is 31.4 Å². The Morgan fingerprint density at radius 2 is 1.84 bits per heavy atom. The Morgan fingerprint density at radius 3 is 2.40 bits per heavy atom. The van der Waals surface area contributed by atoms with Gasteiger partial charge in [-0.15, -0.1) is 0 Å². The summed E-state index contributed by atoms with van der Waals surface area (Å²) >= 11 is 0. The van der Waals surface area contributed by atoms with E-state index in [1.807, 2.05) is 0 Å². The molecule has 0 saturated heterocycles. The maximum Gasteiger partial charge on any atom is 0.435 e. The summed E-state index contributed by atoms with van der Waals surface area (Å²) < 4.78 is 79.3. The minimum atomic E-state index is -5.02. The lowest BCUT2D eigenvalue weighted by atomic mass is 9.85. The maximum atomic E-state index is 13.2. The standard InChI is InChI=1S/C14H12F6N4O/c1-6-5-24-8(3-9(23-24)13(15,16)17)7-4-21-22-11(10(6)7)12(2,25)14(18,19)20/h3-4,6,25H,5H2,1-2H3/t6-,12+/m1/s1. The third kappa shape index (κ3) is 2.66. The Labute approximate surface area is 137 Å². The van der Waals surface area contributed by atoms with Crippen molar-refractivity contribution in [2.75, 3.05) is 0 Å². The maximum absolute atomic E-state index is 13.2. The van der Waals surface area contributed by atoms with E-state index in [1.165, 1.54) is 6.92 Å². The number of aromatic nitrogens is 4. The molecule has 0 aliphatic carbocycles. The summed E-state index contributed by atoms with van der Waals surface area (Å²) in [5, 5.41) is 20.3. The van der Waals surface area contributed by atoms with E-state index in [4.69, 9.17) is 0 Å². The molecule has 1 N–H and O–H groups in total. The number of halogens is 6. The highest BCUT2D eigenvalue weighted by atomic mass is 19.4. The normalized spacial score (nSPS) is 20.0. The van der Waals surface area contributed by atoms with Gasteiger partial charge in [0.15, 0.2) is 5.69 Å². The summed E-state index contributed by atoms with van der Waals surface area (Å²) in [4.78, 5) is 0. The van der Waals surface area contributed by atoms with Crippen LogP contribution in [-0.4, -0.2) is 31.3 Å². The first-order valence-electron chi connectivity index (χ1n) is 7.14. The fourth-order valence-electron chi connectivity index (χ4n) is 2.85. The number of fused-ring (bicyclic) bond motifs is 3. The first kappa shape index (κ1) is 17.6. The van der Waals surface area contributed by atoms with E-state index in [0.29, 0.717) is 6.92 Å². The average molecular weight is 366 g/mol. The molecule has 25 heavy (non-hydrogen) atoms. The molecule has 2 atom stereocenters. The Morgan fingerprint density at radius 1 is 1.20 bits per heavy atom. The second-order valence-corrected chi connectivity index (χ2v) is 6.09. The number of alkyl halides is 6. The van der Waals surface area contributed by atoms with Crippen LogP contribution in [0.3, 0.4) is 0 Å². The van der Waals surface area contributed by atoms with Gasteiger partial charge in [0.05, 0.1) is 11.9 Å². The van der Waals surface area contributed by atoms with E-state index >= 15 is 0 Å². The molecule has 3 rings (SSSR count). The quantitative estimate of drug-likeness (QED) is 0.787. The minimum absolute atomic E-state index is 0.0125. The lowest BCUT2D eigenvalue weighted by molar-refractivity contribution is -0.260. The second kappa shape index (κ2) is 5.16. The van der Waals surface area contributed by atoms with E-state index in [1.54, 1.807) is 0 Å². The molecule has 5 nitrogen and oxygen atoms in total. The molecule has 0 bridgehead atoms. The van der Waals surface area contributed by atoms with Crippen molar-refractivity contribution in [3.05, 3.63) is 29.2 Å². The molecule has 0 aromatic carbocycles. The molecule has 136 valence electrons. The molecule has 0 fully saturated rings. The predicted octanol–water partition coefficient (Wildman–Crippen LogP) is 3.25. The zero-order valence-electron chi connectivity index (χ0n) is 12.9. The zero-order valence-corrected chi connectivity index (χ0v) is 12.9. The predicted molar refractivity (Wildman–Crippen MR) is 72.3 cm³/mol. The van der Waals surface area contributed by atoms with Gasteiger partial charge in [0.25, 0.3) is 0 Å². The van der Waals surface area contributed by atoms with Crippen molar-refractivity contribution >= 4 is 0 Å². The number of rotatable bonds is 1. The van der Waals surface area contributed by atoms with Gasteiger partial charge in [-0.2, -0.15) is 41.6 Å². The van der Waals surface area contributed by atoms with Gasteiger partial charge in [-0.25, -0.2) is 0 Å². The molecule has 0 saturated carbocycles. The molecule has 11 heteroatoms. The molecule has 3 heterocycles. The van der Waals surface area contributed by atoms with Crippen LogP contribution in [-0.2, 0) is 18.3 Å². The van der Waals surface area contributed by atoms with Gasteiger partial charge in [0.1, 0.15) is 5.69 Å². The molecule has 1 aliphatic rings. The van der Waals surface area contributed by atoms with Gasteiger partial charge in [-0.05, 0) is 18.6 Å². The summed E-state index contributed by atoms with van der Waals surface area (Å²) in [5.74, 6) is -0.650. The van der Waals surface area contributed by atoms with Crippen molar-refractivity contribution in [3.8, 4) is 11.3 Å². The Bertz CT molecular complexity index is 824. The lowest BCUT2D eigenvalue weighted by Gasteiger charge is -2.32. The summed E-state index contributed by atoms with van der Waals surface area (Å²) in [6.45, 7) is 1.98. The van der Waals surface area contributed by atoms with Gasteiger partial charge in [-0.1, -0.05) is 6.92 Å². The van der Waals surface area contributed by atoms with Crippen molar-refractivity contribution in [1.82, 2.24) is 20.0 Å². The van der Waals surface area contributed by atoms with Gasteiger partial charge >= 0.3 is 12.4 Å². The molecule has 0 radical (unpaired) electrons. The topological polar surface area (TPSA) is 63.8 Å². The Hall–Kier alpha value is -2.17. The van der Waals surface area contributed by atoms with E-state index in [-0.39, 0.29) is 23.4 Å². The van der Waals surface area contributed by atoms with Crippen LogP contribution in [0.5, 0.6) is 0 Å².